The molecule has 0 unspecified atom stereocenters. The molecule has 7 aromatic carbocycles. The summed E-state index contributed by atoms with van der Waals surface area (Å²) in [7, 11) is 0. The molecule has 10 rings (SSSR count). The van der Waals surface area contributed by atoms with Crippen molar-refractivity contribution in [3.8, 4) is 45.3 Å². The number of para-hydroxylation sites is 5. The molecule has 0 aliphatic rings. The summed E-state index contributed by atoms with van der Waals surface area (Å²) in [5, 5.41) is 4.97. The Morgan fingerprint density at radius 2 is 0.800 bits per heavy atom. The second kappa shape index (κ2) is 11.4. The molecule has 3 heterocycles. The minimum absolute atomic E-state index is 0.696. The van der Waals surface area contributed by atoms with E-state index in [4.69, 9.17) is 9.97 Å². The monoisotopic (exact) mass is 638 g/mol. The lowest BCUT2D eigenvalue weighted by molar-refractivity contribution is 1.15. The summed E-state index contributed by atoms with van der Waals surface area (Å²) in [4.78, 5) is 10.4. The van der Waals surface area contributed by atoms with Crippen LogP contribution in [0.25, 0.3) is 88.9 Å². The normalized spacial score (nSPS) is 11.6. The van der Waals surface area contributed by atoms with E-state index in [0.717, 1.165) is 39.5 Å². The predicted octanol–water partition coefficient (Wildman–Crippen LogP) is 11.7. The summed E-state index contributed by atoms with van der Waals surface area (Å²) in [6.07, 6.45) is 0. The lowest BCUT2D eigenvalue weighted by Crippen LogP contribution is -2.01. The quantitative estimate of drug-likeness (QED) is 0.188. The van der Waals surface area contributed by atoms with E-state index < -0.39 is 0 Å². The van der Waals surface area contributed by atoms with Crippen molar-refractivity contribution in [1.82, 2.24) is 19.1 Å². The van der Waals surface area contributed by atoms with Crippen molar-refractivity contribution in [1.29, 1.82) is 0 Å². The van der Waals surface area contributed by atoms with Gasteiger partial charge >= 0.3 is 0 Å². The van der Waals surface area contributed by atoms with Crippen molar-refractivity contribution in [3.05, 3.63) is 182 Å². The van der Waals surface area contributed by atoms with Crippen LogP contribution in [-0.2, 0) is 0 Å². The van der Waals surface area contributed by atoms with Crippen LogP contribution in [0.2, 0.25) is 0 Å². The molecule has 0 bridgehead atoms. The highest BCUT2D eigenvalue weighted by Gasteiger charge is 2.18. The molecule has 0 fully saturated rings. The fraction of sp³-hybridized carbons (Fsp3) is 0. The molecule has 0 saturated heterocycles. The average Bonchev–Trinajstić information content (AvgIpc) is 3.71. The van der Waals surface area contributed by atoms with Gasteiger partial charge in [-0.3, -0.25) is 0 Å². The third-order valence-corrected chi connectivity index (χ3v) is 9.76. The van der Waals surface area contributed by atoms with Gasteiger partial charge in [-0.25, -0.2) is 9.97 Å². The molecule has 0 aliphatic carbocycles. The average molecular weight is 639 g/mol. The zero-order chi connectivity index (χ0) is 33.0. The maximum Gasteiger partial charge on any atom is 0.160 e. The van der Waals surface area contributed by atoms with Crippen LogP contribution in [0.1, 0.15) is 0 Å². The summed E-state index contributed by atoms with van der Waals surface area (Å²) >= 11 is 0. The number of nitrogens with zero attached hydrogens (tertiary/aromatic N) is 4. The van der Waals surface area contributed by atoms with Gasteiger partial charge in [-0.2, -0.15) is 0 Å². The van der Waals surface area contributed by atoms with Gasteiger partial charge in [0.05, 0.1) is 39.1 Å². The van der Waals surface area contributed by atoms with Gasteiger partial charge in [0.25, 0.3) is 0 Å². The Hall–Kier alpha value is -6.78. The molecule has 0 spiro atoms. The van der Waals surface area contributed by atoms with Gasteiger partial charge in [0, 0.05) is 43.9 Å². The minimum Gasteiger partial charge on any atom is -0.309 e. The van der Waals surface area contributed by atoms with E-state index in [1.165, 1.54) is 43.6 Å². The third kappa shape index (κ3) is 4.46. The number of hydrogen-bond acceptors (Lipinski definition) is 2. The standard InChI is InChI=1S/C46H30N4/c1-2-14-32(15-3-1)46-47-39(31-26-28-33(29-27-31)49-41-21-9-4-16-34(41)35-17-5-10-22-42(35)49)30-40(48-46)38-20-8-13-25-45(38)50-43-23-11-6-18-36(43)37-19-7-12-24-44(37)50/h1-30H. The highest BCUT2D eigenvalue weighted by Crippen LogP contribution is 2.38. The topological polar surface area (TPSA) is 35.6 Å². The van der Waals surface area contributed by atoms with E-state index >= 15 is 0 Å². The molecule has 0 N–H and O–H groups in total. The van der Waals surface area contributed by atoms with Crippen molar-refractivity contribution in [3.63, 3.8) is 0 Å². The van der Waals surface area contributed by atoms with Crippen molar-refractivity contribution >= 4 is 43.6 Å². The molecule has 4 heteroatoms. The molecule has 50 heavy (non-hydrogen) atoms. The molecule has 0 saturated carbocycles. The van der Waals surface area contributed by atoms with Gasteiger partial charge < -0.3 is 9.13 Å². The van der Waals surface area contributed by atoms with Gasteiger partial charge in [-0.15, -0.1) is 0 Å². The Kier molecular flexibility index (Phi) is 6.46. The van der Waals surface area contributed by atoms with Crippen molar-refractivity contribution < 1.29 is 0 Å². The van der Waals surface area contributed by atoms with E-state index in [1.54, 1.807) is 0 Å². The van der Waals surface area contributed by atoms with Crippen LogP contribution in [0.15, 0.2) is 182 Å². The van der Waals surface area contributed by atoms with E-state index in [9.17, 15) is 0 Å². The number of aromatic nitrogens is 4. The fourth-order valence-corrected chi connectivity index (χ4v) is 7.50. The summed E-state index contributed by atoms with van der Waals surface area (Å²) in [5.74, 6) is 0.696. The SMILES string of the molecule is c1ccc(-c2nc(-c3ccc(-n4c5ccccc5c5ccccc54)cc3)cc(-c3ccccc3-n3c4ccccc4c4ccccc43)n2)cc1. The Bertz CT molecular complexity index is 2750. The maximum absolute atomic E-state index is 5.23. The first-order chi connectivity index (χ1) is 24.8. The second-order valence-electron chi connectivity index (χ2n) is 12.6. The summed E-state index contributed by atoms with van der Waals surface area (Å²) in [5.41, 5.74) is 11.7. The zero-order valence-electron chi connectivity index (χ0n) is 27.1. The summed E-state index contributed by atoms with van der Waals surface area (Å²) in [6, 6.07) is 64.2. The molecule has 0 atom stereocenters. The molecule has 0 aliphatic heterocycles. The predicted molar refractivity (Wildman–Crippen MR) is 207 cm³/mol. The fourth-order valence-electron chi connectivity index (χ4n) is 7.50. The van der Waals surface area contributed by atoms with Gasteiger partial charge in [0.15, 0.2) is 5.82 Å². The summed E-state index contributed by atoms with van der Waals surface area (Å²) in [6.45, 7) is 0. The molecule has 0 radical (unpaired) electrons. The largest absolute Gasteiger partial charge is 0.309 e. The van der Waals surface area contributed by atoms with Gasteiger partial charge in [0.2, 0.25) is 0 Å². The molecule has 234 valence electrons. The van der Waals surface area contributed by atoms with E-state index in [1.807, 2.05) is 18.2 Å². The van der Waals surface area contributed by atoms with E-state index in [2.05, 4.69) is 173 Å². The Balaban J connectivity index is 1.16. The first-order valence-corrected chi connectivity index (χ1v) is 16.9. The highest BCUT2D eigenvalue weighted by atomic mass is 15.0. The Morgan fingerprint density at radius 1 is 0.340 bits per heavy atom. The molecular weight excluding hydrogens is 609 g/mol. The molecule has 4 nitrogen and oxygen atoms in total. The number of hydrogen-bond donors (Lipinski definition) is 0. The number of benzene rings is 7. The van der Waals surface area contributed by atoms with Crippen molar-refractivity contribution in [2.75, 3.05) is 0 Å². The van der Waals surface area contributed by atoms with Crippen LogP contribution in [0.3, 0.4) is 0 Å². The molecule has 3 aromatic heterocycles. The first kappa shape index (κ1) is 28.3. The smallest absolute Gasteiger partial charge is 0.160 e. The van der Waals surface area contributed by atoms with Crippen LogP contribution in [0, 0.1) is 0 Å². The molecule has 10 aromatic rings. The lowest BCUT2D eigenvalue weighted by Gasteiger charge is -2.15. The van der Waals surface area contributed by atoms with Gasteiger partial charge in [-0.05, 0) is 48.5 Å². The van der Waals surface area contributed by atoms with Crippen molar-refractivity contribution in [2.24, 2.45) is 0 Å². The van der Waals surface area contributed by atoms with Crippen LogP contribution in [-0.4, -0.2) is 19.1 Å². The van der Waals surface area contributed by atoms with Crippen LogP contribution >= 0.6 is 0 Å². The number of rotatable bonds is 5. The van der Waals surface area contributed by atoms with Crippen LogP contribution < -0.4 is 0 Å². The van der Waals surface area contributed by atoms with E-state index in [-0.39, 0.29) is 0 Å². The second-order valence-corrected chi connectivity index (χ2v) is 12.6. The van der Waals surface area contributed by atoms with Gasteiger partial charge in [-0.1, -0.05) is 133 Å². The lowest BCUT2D eigenvalue weighted by atomic mass is 10.0. The Labute approximate surface area is 289 Å². The first-order valence-electron chi connectivity index (χ1n) is 16.9. The maximum atomic E-state index is 5.23. The van der Waals surface area contributed by atoms with Crippen LogP contribution in [0.5, 0.6) is 0 Å². The minimum atomic E-state index is 0.696. The van der Waals surface area contributed by atoms with Crippen molar-refractivity contribution in [2.45, 2.75) is 0 Å². The Morgan fingerprint density at radius 3 is 1.38 bits per heavy atom. The summed E-state index contributed by atoms with van der Waals surface area (Å²) < 4.78 is 4.71. The van der Waals surface area contributed by atoms with E-state index in [0.29, 0.717) is 5.82 Å². The zero-order valence-corrected chi connectivity index (χ0v) is 27.1. The molecule has 0 amide bonds. The number of fused-ring (bicyclic) bond motifs is 6. The highest BCUT2D eigenvalue weighted by molar-refractivity contribution is 6.10. The van der Waals surface area contributed by atoms with Crippen LogP contribution in [0.4, 0.5) is 0 Å². The molecular formula is C46H30N4. The third-order valence-electron chi connectivity index (χ3n) is 9.76. The van der Waals surface area contributed by atoms with Gasteiger partial charge in [0.1, 0.15) is 0 Å².